The maximum Gasteiger partial charge on any atom is 0.244 e. The van der Waals surface area contributed by atoms with Crippen LogP contribution in [-0.2, 0) is 4.79 Å². The largest absolute Gasteiger partial charge is 0.355 e. The summed E-state index contributed by atoms with van der Waals surface area (Å²) in [5, 5.41) is 6.96. The fourth-order valence-electron chi connectivity index (χ4n) is 2.89. The van der Waals surface area contributed by atoms with Crippen LogP contribution in [0.1, 0.15) is 45.0 Å². The average Bonchev–Trinajstić information content (AvgIpc) is 3.11. The fourth-order valence-corrected chi connectivity index (χ4v) is 2.89. The van der Waals surface area contributed by atoms with E-state index in [0.717, 1.165) is 25.8 Å². The number of nitrogens with one attached hydrogen (secondary N) is 1. The van der Waals surface area contributed by atoms with Crippen LogP contribution in [0.3, 0.4) is 0 Å². The van der Waals surface area contributed by atoms with Crippen molar-refractivity contribution in [2.24, 2.45) is 5.92 Å². The molecule has 8 heteroatoms. The monoisotopic (exact) mass is 344 g/mol. The standard InChI is InChI=1S/C17H24N6O2/c1-12(2)10-20-14(24)11-23-9-4-3-6-13(23)17-21-16(22-25-17)15-18-7-5-8-19-15/h5,7-8,12-13H,3-4,6,9-11H2,1-2H3,(H,20,24). The summed E-state index contributed by atoms with van der Waals surface area (Å²) < 4.78 is 5.45. The van der Waals surface area contributed by atoms with Crippen molar-refractivity contribution in [2.45, 2.75) is 39.2 Å². The van der Waals surface area contributed by atoms with Gasteiger partial charge in [0.05, 0.1) is 12.6 Å². The van der Waals surface area contributed by atoms with Gasteiger partial charge < -0.3 is 9.84 Å². The minimum atomic E-state index is -0.0384. The smallest absolute Gasteiger partial charge is 0.244 e. The SMILES string of the molecule is CC(C)CNC(=O)CN1CCCCC1c1nc(-c2ncccn2)no1. The van der Waals surface area contributed by atoms with E-state index in [9.17, 15) is 4.79 Å². The number of piperidine rings is 1. The van der Waals surface area contributed by atoms with Gasteiger partial charge in [-0.15, -0.1) is 0 Å². The van der Waals surface area contributed by atoms with Crippen LogP contribution in [0.4, 0.5) is 0 Å². The lowest BCUT2D eigenvalue weighted by Crippen LogP contribution is -2.42. The molecule has 0 aliphatic carbocycles. The minimum Gasteiger partial charge on any atom is -0.355 e. The Morgan fingerprint density at radius 1 is 1.32 bits per heavy atom. The highest BCUT2D eigenvalue weighted by atomic mass is 16.5. The molecule has 1 N–H and O–H groups in total. The van der Waals surface area contributed by atoms with E-state index >= 15 is 0 Å². The number of hydrogen-bond donors (Lipinski definition) is 1. The van der Waals surface area contributed by atoms with Gasteiger partial charge in [0, 0.05) is 18.9 Å². The first-order valence-electron chi connectivity index (χ1n) is 8.75. The van der Waals surface area contributed by atoms with Gasteiger partial charge >= 0.3 is 0 Å². The zero-order valence-electron chi connectivity index (χ0n) is 14.7. The zero-order chi connectivity index (χ0) is 17.6. The van der Waals surface area contributed by atoms with Crippen molar-refractivity contribution in [3.8, 4) is 11.6 Å². The van der Waals surface area contributed by atoms with Crippen molar-refractivity contribution >= 4 is 5.91 Å². The summed E-state index contributed by atoms with van der Waals surface area (Å²) in [5.41, 5.74) is 0. The number of carbonyl (C=O) groups excluding carboxylic acids is 1. The Bertz CT molecular complexity index is 687. The number of aromatic nitrogens is 4. The number of amides is 1. The van der Waals surface area contributed by atoms with E-state index in [2.05, 4.69) is 44.2 Å². The maximum atomic E-state index is 12.2. The summed E-state index contributed by atoms with van der Waals surface area (Å²) in [4.78, 5) is 27.0. The molecule has 25 heavy (non-hydrogen) atoms. The Labute approximate surface area is 147 Å². The van der Waals surface area contributed by atoms with Gasteiger partial charge in [-0.05, 0) is 31.4 Å². The molecular formula is C17H24N6O2. The molecule has 2 aromatic heterocycles. The molecule has 0 saturated carbocycles. The van der Waals surface area contributed by atoms with Crippen molar-refractivity contribution in [3.63, 3.8) is 0 Å². The topological polar surface area (TPSA) is 97.0 Å². The lowest BCUT2D eigenvalue weighted by Gasteiger charge is -2.32. The van der Waals surface area contributed by atoms with E-state index < -0.39 is 0 Å². The van der Waals surface area contributed by atoms with E-state index in [1.807, 2.05) is 0 Å². The minimum absolute atomic E-state index is 0.0340. The molecule has 8 nitrogen and oxygen atoms in total. The van der Waals surface area contributed by atoms with E-state index in [1.54, 1.807) is 18.5 Å². The summed E-state index contributed by atoms with van der Waals surface area (Å²) in [6.45, 7) is 6.04. The maximum absolute atomic E-state index is 12.2. The van der Waals surface area contributed by atoms with Gasteiger partial charge in [0.25, 0.3) is 0 Å². The average molecular weight is 344 g/mol. The van der Waals surface area contributed by atoms with E-state index in [4.69, 9.17) is 4.52 Å². The molecule has 3 rings (SSSR count). The first-order chi connectivity index (χ1) is 12.1. The lowest BCUT2D eigenvalue weighted by molar-refractivity contribution is -0.123. The molecule has 1 fully saturated rings. The molecule has 2 aromatic rings. The van der Waals surface area contributed by atoms with Crippen molar-refractivity contribution in [1.82, 2.24) is 30.3 Å². The van der Waals surface area contributed by atoms with Crippen LogP contribution < -0.4 is 5.32 Å². The van der Waals surface area contributed by atoms with Gasteiger partial charge in [-0.2, -0.15) is 4.98 Å². The molecule has 0 radical (unpaired) electrons. The third kappa shape index (κ3) is 4.60. The molecule has 1 unspecified atom stereocenters. The summed E-state index contributed by atoms with van der Waals surface area (Å²) in [6, 6.07) is 1.70. The van der Waals surface area contributed by atoms with Crippen LogP contribution in [0.2, 0.25) is 0 Å². The van der Waals surface area contributed by atoms with Crippen molar-refractivity contribution in [2.75, 3.05) is 19.6 Å². The Kier molecular flexibility index (Phi) is 5.70. The third-order valence-electron chi connectivity index (χ3n) is 4.16. The fraction of sp³-hybridized carbons (Fsp3) is 0.588. The number of rotatable bonds is 6. The first kappa shape index (κ1) is 17.5. The highest BCUT2D eigenvalue weighted by molar-refractivity contribution is 5.78. The predicted octanol–water partition coefficient (Wildman–Crippen LogP) is 1.83. The Morgan fingerprint density at radius 3 is 2.88 bits per heavy atom. The summed E-state index contributed by atoms with van der Waals surface area (Å²) >= 11 is 0. The van der Waals surface area contributed by atoms with Gasteiger partial charge in [0.1, 0.15) is 0 Å². The quantitative estimate of drug-likeness (QED) is 0.853. The second-order valence-electron chi connectivity index (χ2n) is 6.71. The molecule has 0 aromatic carbocycles. The van der Waals surface area contributed by atoms with Crippen LogP contribution in [0.25, 0.3) is 11.6 Å². The first-order valence-corrected chi connectivity index (χ1v) is 8.75. The van der Waals surface area contributed by atoms with Crippen LogP contribution in [0.15, 0.2) is 23.0 Å². The molecule has 134 valence electrons. The van der Waals surface area contributed by atoms with Gasteiger partial charge in [0.15, 0.2) is 0 Å². The molecular weight excluding hydrogens is 320 g/mol. The Hall–Kier alpha value is -2.35. The van der Waals surface area contributed by atoms with Crippen molar-refractivity contribution in [1.29, 1.82) is 0 Å². The highest BCUT2D eigenvalue weighted by Crippen LogP contribution is 2.30. The Morgan fingerprint density at radius 2 is 2.12 bits per heavy atom. The lowest BCUT2D eigenvalue weighted by atomic mass is 10.0. The van der Waals surface area contributed by atoms with Crippen LogP contribution in [0, 0.1) is 5.92 Å². The third-order valence-corrected chi connectivity index (χ3v) is 4.16. The molecule has 1 amide bonds. The zero-order valence-corrected chi connectivity index (χ0v) is 14.7. The second kappa shape index (κ2) is 8.15. The normalized spacial score (nSPS) is 18.4. The van der Waals surface area contributed by atoms with Crippen molar-refractivity contribution in [3.05, 3.63) is 24.4 Å². The number of carbonyl (C=O) groups is 1. The molecule has 1 atom stereocenters. The number of nitrogens with zero attached hydrogens (tertiary/aromatic N) is 5. The summed E-state index contributed by atoms with van der Waals surface area (Å²) in [5.74, 6) is 1.82. The predicted molar refractivity (Wildman–Crippen MR) is 91.3 cm³/mol. The van der Waals surface area contributed by atoms with Gasteiger partial charge in [-0.25, -0.2) is 9.97 Å². The van der Waals surface area contributed by atoms with Crippen molar-refractivity contribution < 1.29 is 9.32 Å². The molecule has 3 heterocycles. The van der Waals surface area contributed by atoms with E-state index in [1.165, 1.54) is 0 Å². The second-order valence-corrected chi connectivity index (χ2v) is 6.71. The number of hydrogen-bond acceptors (Lipinski definition) is 7. The van der Waals surface area contributed by atoms with Crippen LogP contribution >= 0.6 is 0 Å². The van der Waals surface area contributed by atoms with Gasteiger partial charge in [-0.1, -0.05) is 25.4 Å². The molecule has 1 aliphatic heterocycles. The van der Waals surface area contributed by atoms with Crippen LogP contribution in [-0.4, -0.2) is 50.5 Å². The molecule has 1 aliphatic rings. The molecule has 0 bridgehead atoms. The van der Waals surface area contributed by atoms with Gasteiger partial charge in [-0.3, -0.25) is 9.69 Å². The van der Waals surface area contributed by atoms with Crippen LogP contribution in [0.5, 0.6) is 0 Å². The van der Waals surface area contributed by atoms with E-state index in [-0.39, 0.29) is 11.9 Å². The number of likely N-dealkylation sites (tertiary alicyclic amines) is 1. The van der Waals surface area contributed by atoms with E-state index in [0.29, 0.717) is 36.5 Å². The summed E-state index contributed by atoms with van der Waals surface area (Å²) in [6.07, 6.45) is 6.33. The Balaban J connectivity index is 1.69. The van der Waals surface area contributed by atoms with Gasteiger partial charge in [0.2, 0.25) is 23.4 Å². The molecule has 0 spiro atoms. The highest BCUT2D eigenvalue weighted by Gasteiger charge is 2.30. The molecule has 1 saturated heterocycles. The summed E-state index contributed by atoms with van der Waals surface area (Å²) in [7, 11) is 0.